The van der Waals surface area contributed by atoms with Crippen molar-refractivity contribution in [3.63, 3.8) is 0 Å². The molecule has 1 fully saturated rings. The molecule has 0 bridgehead atoms. The zero-order chi connectivity index (χ0) is 20.0. The van der Waals surface area contributed by atoms with Gasteiger partial charge in [-0.1, -0.05) is 38.3 Å². The first kappa shape index (κ1) is 21.8. The van der Waals surface area contributed by atoms with Crippen molar-refractivity contribution >= 4 is 11.9 Å². The Hall–Kier alpha value is -1.52. The molecular weight excluding hydrogens is 338 g/mol. The highest BCUT2D eigenvalue weighted by Crippen LogP contribution is 2.38. The number of hydrogen-bond donors (Lipinski definition) is 3. The van der Waals surface area contributed by atoms with Crippen LogP contribution >= 0.6 is 0 Å². The third-order valence-corrected chi connectivity index (χ3v) is 6.15. The second-order valence-corrected chi connectivity index (χ2v) is 9.18. The van der Waals surface area contributed by atoms with Crippen LogP contribution in [0.1, 0.15) is 73.1 Å². The number of carbonyl (C=O) groups is 2. The number of amides is 3. The monoisotopic (exact) mass is 377 g/mol. The Balaban J connectivity index is 1.93. The van der Waals surface area contributed by atoms with Gasteiger partial charge < -0.3 is 16.0 Å². The molecule has 0 radical (unpaired) electrons. The van der Waals surface area contributed by atoms with Crippen LogP contribution in [0.5, 0.6) is 0 Å². The lowest BCUT2D eigenvalue weighted by Crippen LogP contribution is -2.43. The molecular formula is C22H39N3O2. The summed E-state index contributed by atoms with van der Waals surface area (Å²) in [4.78, 5) is 24.4. The molecule has 1 saturated carbocycles. The van der Waals surface area contributed by atoms with Crippen LogP contribution in [0.3, 0.4) is 0 Å². The lowest BCUT2D eigenvalue weighted by Gasteiger charge is -2.37. The first-order valence-electron chi connectivity index (χ1n) is 10.8. The van der Waals surface area contributed by atoms with E-state index in [0.717, 1.165) is 19.3 Å². The average molecular weight is 378 g/mol. The van der Waals surface area contributed by atoms with Gasteiger partial charge in [0.15, 0.2) is 0 Å². The average Bonchev–Trinajstić information content (AvgIpc) is 3.06. The van der Waals surface area contributed by atoms with Gasteiger partial charge in [0.2, 0.25) is 5.91 Å². The van der Waals surface area contributed by atoms with E-state index >= 15 is 0 Å². The fourth-order valence-corrected chi connectivity index (χ4v) is 4.61. The molecule has 0 aromatic heterocycles. The molecule has 0 spiro atoms. The molecule has 0 aromatic carbocycles. The fraction of sp³-hybridized carbons (Fsp3) is 0.818. The first-order valence-corrected chi connectivity index (χ1v) is 10.8. The van der Waals surface area contributed by atoms with Crippen LogP contribution < -0.4 is 16.0 Å². The Labute approximate surface area is 165 Å². The third kappa shape index (κ3) is 6.86. The van der Waals surface area contributed by atoms with Gasteiger partial charge in [-0.05, 0) is 63.7 Å². The number of nitrogens with one attached hydrogen (secondary N) is 3. The molecule has 3 unspecified atom stereocenters. The summed E-state index contributed by atoms with van der Waals surface area (Å²) in [5.74, 6) is 1.86. The summed E-state index contributed by atoms with van der Waals surface area (Å²) in [5, 5.41) is 9.13. The molecule has 2 aliphatic carbocycles. The van der Waals surface area contributed by atoms with Gasteiger partial charge >= 0.3 is 6.03 Å². The van der Waals surface area contributed by atoms with Gasteiger partial charge in [-0.25, -0.2) is 4.79 Å². The maximum Gasteiger partial charge on any atom is 0.315 e. The van der Waals surface area contributed by atoms with E-state index in [-0.39, 0.29) is 18.0 Å². The van der Waals surface area contributed by atoms with Gasteiger partial charge in [-0.2, -0.15) is 0 Å². The second kappa shape index (κ2) is 10.1. The molecule has 2 rings (SSSR count). The summed E-state index contributed by atoms with van der Waals surface area (Å²) in [5.41, 5.74) is 1.30. The molecule has 0 saturated heterocycles. The van der Waals surface area contributed by atoms with Crippen molar-refractivity contribution in [2.75, 3.05) is 6.54 Å². The fourth-order valence-electron chi connectivity index (χ4n) is 4.61. The van der Waals surface area contributed by atoms with Crippen LogP contribution in [0.2, 0.25) is 0 Å². The molecule has 2 aliphatic rings. The van der Waals surface area contributed by atoms with Crippen molar-refractivity contribution < 1.29 is 9.59 Å². The van der Waals surface area contributed by atoms with E-state index in [1.165, 1.54) is 18.4 Å². The SMILES string of the molecule is CC1=CC(CNC(=O)NC(C)C)C(C(C)C)CC1CC(=O)NC1CCCC1. The predicted molar refractivity (Wildman–Crippen MR) is 110 cm³/mol. The Morgan fingerprint density at radius 3 is 2.41 bits per heavy atom. The largest absolute Gasteiger partial charge is 0.353 e. The van der Waals surface area contributed by atoms with Crippen molar-refractivity contribution in [2.45, 2.75) is 85.2 Å². The van der Waals surface area contributed by atoms with Crippen LogP contribution in [-0.4, -0.2) is 30.6 Å². The zero-order valence-corrected chi connectivity index (χ0v) is 17.8. The van der Waals surface area contributed by atoms with Crippen molar-refractivity contribution in [3.8, 4) is 0 Å². The maximum atomic E-state index is 12.5. The predicted octanol–water partition coefficient (Wildman–Crippen LogP) is 4.00. The lowest BCUT2D eigenvalue weighted by atomic mass is 9.69. The molecule has 3 N–H and O–H groups in total. The van der Waals surface area contributed by atoms with Crippen molar-refractivity contribution in [2.24, 2.45) is 23.7 Å². The van der Waals surface area contributed by atoms with Crippen molar-refractivity contribution in [1.29, 1.82) is 0 Å². The van der Waals surface area contributed by atoms with Crippen LogP contribution in [0.25, 0.3) is 0 Å². The zero-order valence-electron chi connectivity index (χ0n) is 17.8. The van der Waals surface area contributed by atoms with E-state index in [1.54, 1.807) is 0 Å². The minimum atomic E-state index is -0.100. The maximum absolute atomic E-state index is 12.5. The van der Waals surface area contributed by atoms with Gasteiger partial charge in [0, 0.05) is 25.0 Å². The molecule has 0 heterocycles. The highest BCUT2D eigenvalue weighted by molar-refractivity contribution is 5.77. The minimum absolute atomic E-state index is 0.100. The van der Waals surface area contributed by atoms with Gasteiger partial charge in [0.1, 0.15) is 0 Å². The summed E-state index contributed by atoms with van der Waals surface area (Å²) < 4.78 is 0. The molecule has 0 aromatic rings. The van der Waals surface area contributed by atoms with E-state index < -0.39 is 0 Å². The molecule has 3 amide bonds. The summed E-state index contributed by atoms with van der Waals surface area (Å²) in [6, 6.07) is 0.427. The topological polar surface area (TPSA) is 70.2 Å². The van der Waals surface area contributed by atoms with Gasteiger partial charge in [-0.3, -0.25) is 4.79 Å². The number of allylic oxidation sites excluding steroid dienone is 1. The summed E-state index contributed by atoms with van der Waals surface area (Å²) in [6.07, 6.45) is 8.66. The molecule has 0 aliphatic heterocycles. The Morgan fingerprint density at radius 1 is 1.15 bits per heavy atom. The number of rotatable bonds is 7. The van der Waals surface area contributed by atoms with E-state index in [1.807, 2.05) is 13.8 Å². The minimum Gasteiger partial charge on any atom is -0.353 e. The number of urea groups is 1. The molecule has 154 valence electrons. The number of hydrogen-bond acceptors (Lipinski definition) is 2. The quantitative estimate of drug-likeness (QED) is 0.587. The normalized spacial score (nSPS) is 26.2. The van der Waals surface area contributed by atoms with Crippen LogP contribution in [0, 0.1) is 23.7 Å². The molecule has 5 nitrogen and oxygen atoms in total. The van der Waals surface area contributed by atoms with Gasteiger partial charge in [0.05, 0.1) is 0 Å². The van der Waals surface area contributed by atoms with Gasteiger partial charge in [-0.15, -0.1) is 0 Å². The van der Waals surface area contributed by atoms with Crippen LogP contribution in [0.4, 0.5) is 4.79 Å². The number of carbonyl (C=O) groups excluding carboxylic acids is 2. The highest BCUT2D eigenvalue weighted by atomic mass is 16.2. The summed E-state index contributed by atoms with van der Waals surface area (Å²) >= 11 is 0. The van der Waals surface area contributed by atoms with E-state index in [2.05, 4.69) is 42.8 Å². The summed E-state index contributed by atoms with van der Waals surface area (Å²) in [7, 11) is 0. The molecule has 3 atom stereocenters. The van der Waals surface area contributed by atoms with Crippen LogP contribution in [0.15, 0.2) is 11.6 Å². The Kier molecular flexibility index (Phi) is 8.18. The standard InChI is InChI=1S/C22H39N3O2/c1-14(2)20-11-17(12-21(26)25-19-8-6-7-9-19)16(5)10-18(20)13-23-22(27)24-15(3)4/h10,14-15,17-20H,6-9,11-13H2,1-5H3,(H,25,26)(H2,23,24,27). The van der Waals surface area contributed by atoms with Crippen molar-refractivity contribution in [1.82, 2.24) is 16.0 Å². The molecule has 27 heavy (non-hydrogen) atoms. The second-order valence-electron chi connectivity index (χ2n) is 9.18. The Bertz CT molecular complexity index is 536. The smallest absolute Gasteiger partial charge is 0.315 e. The van der Waals surface area contributed by atoms with E-state index in [0.29, 0.717) is 42.7 Å². The van der Waals surface area contributed by atoms with Crippen molar-refractivity contribution in [3.05, 3.63) is 11.6 Å². The van der Waals surface area contributed by atoms with Crippen LogP contribution in [-0.2, 0) is 4.79 Å². The van der Waals surface area contributed by atoms with E-state index in [4.69, 9.17) is 0 Å². The third-order valence-electron chi connectivity index (χ3n) is 6.15. The highest BCUT2D eigenvalue weighted by Gasteiger charge is 2.33. The lowest BCUT2D eigenvalue weighted by molar-refractivity contribution is -0.122. The van der Waals surface area contributed by atoms with E-state index in [9.17, 15) is 9.59 Å². The molecule has 5 heteroatoms. The Morgan fingerprint density at radius 2 is 1.81 bits per heavy atom. The summed E-state index contributed by atoms with van der Waals surface area (Å²) in [6.45, 7) is 11.2. The first-order chi connectivity index (χ1) is 12.8. The van der Waals surface area contributed by atoms with Gasteiger partial charge in [0.25, 0.3) is 0 Å².